The van der Waals surface area contributed by atoms with E-state index in [-0.39, 0.29) is 5.91 Å². The molecule has 17 heavy (non-hydrogen) atoms. The number of piperidine rings is 1. The Bertz CT molecular complexity index is 386. The van der Waals surface area contributed by atoms with Crippen molar-refractivity contribution in [3.05, 3.63) is 18.0 Å². The lowest BCUT2D eigenvalue weighted by Crippen LogP contribution is -2.45. The molecule has 1 aliphatic rings. The van der Waals surface area contributed by atoms with Crippen molar-refractivity contribution >= 4 is 5.91 Å². The predicted octanol–water partition coefficient (Wildman–Crippen LogP) is 0.764. The van der Waals surface area contributed by atoms with Crippen molar-refractivity contribution in [1.82, 2.24) is 14.7 Å². The lowest BCUT2D eigenvalue weighted by molar-refractivity contribution is 0.0593. The predicted molar refractivity (Wildman–Crippen MR) is 65.6 cm³/mol. The molecular formula is C12H20N4O. The minimum Gasteiger partial charge on any atom is -0.334 e. The van der Waals surface area contributed by atoms with E-state index in [2.05, 4.69) is 5.10 Å². The fraction of sp³-hybridized carbons (Fsp3) is 0.667. The Balaban J connectivity index is 2.14. The van der Waals surface area contributed by atoms with Crippen LogP contribution in [0.15, 0.2) is 12.3 Å². The van der Waals surface area contributed by atoms with E-state index in [1.54, 1.807) is 24.0 Å². The number of carbonyl (C=O) groups excluding carboxylic acids is 1. The monoisotopic (exact) mass is 236 g/mol. The molecule has 0 aliphatic carbocycles. The quantitative estimate of drug-likeness (QED) is 0.843. The van der Waals surface area contributed by atoms with Gasteiger partial charge >= 0.3 is 0 Å². The molecule has 2 N–H and O–H groups in total. The lowest BCUT2D eigenvalue weighted by Gasteiger charge is -2.35. The fourth-order valence-electron chi connectivity index (χ4n) is 2.49. The molecule has 0 spiro atoms. The molecule has 1 aromatic rings. The molecule has 1 aromatic heterocycles. The van der Waals surface area contributed by atoms with E-state index in [4.69, 9.17) is 5.73 Å². The van der Waals surface area contributed by atoms with Crippen molar-refractivity contribution in [2.75, 3.05) is 13.1 Å². The van der Waals surface area contributed by atoms with Crippen LogP contribution in [-0.2, 0) is 7.05 Å². The molecule has 2 rings (SSSR count). The summed E-state index contributed by atoms with van der Waals surface area (Å²) >= 11 is 0. The first-order chi connectivity index (χ1) is 8.24. The van der Waals surface area contributed by atoms with E-state index in [1.165, 1.54) is 6.42 Å². The molecule has 0 saturated carbocycles. The molecule has 94 valence electrons. The van der Waals surface area contributed by atoms with Gasteiger partial charge in [0.05, 0.1) is 0 Å². The number of carbonyl (C=O) groups is 1. The second-order valence-electron chi connectivity index (χ2n) is 4.57. The average Bonchev–Trinajstić information content (AvgIpc) is 2.76. The zero-order valence-electron chi connectivity index (χ0n) is 10.3. The van der Waals surface area contributed by atoms with E-state index < -0.39 is 0 Å². The number of nitrogens with two attached hydrogens (primary N) is 1. The normalized spacial score (nSPS) is 20.6. The highest BCUT2D eigenvalue weighted by Gasteiger charge is 2.28. The summed E-state index contributed by atoms with van der Waals surface area (Å²) in [5, 5.41) is 4.05. The Morgan fingerprint density at radius 2 is 2.41 bits per heavy atom. The first-order valence-electron chi connectivity index (χ1n) is 6.23. The Kier molecular flexibility index (Phi) is 3.78. The molecule has 0 radical (unpaired) electrons. The van der Waals surface area contributed by atoms with Gasteiger partial charge in [-0.1, -0.05) is 0 Å². The van der Waals surface area contributed by atoms with Gasteiger partial charge in [-0.2, -0.15) is 5.10 Å². The molecule has 0 aromatic carbocycles. The van der Waals surface area contributed by atoms with Crippen LogP contribution in [0.2, 0.25) is 0 Å². The minimum atomic E-state index is 0.0863. The van der Waals surface area contributed by atoms with Crippen molar-refractivity contribution in [2.45, 2.75) is 31.7 Å². The fourth-order valence-corrected chi connectivity index (χ4v) is 2.49. The van der Waals surface area contributed by atoms with Gasteiger partial charge in [0.25, 0.3) is 5.91 Å². The van der Waals surface area contributed by atoms with Crippen LogP contribution in [0, 0.1) is 0 Å². The second kappa shape index (κ2) is 5.31. The van der Waals surface area contributed by atoms with Gasteiger partial charge in [0.1, 0.15) is 5.69 Å². The average molecular weight is 236 g/mol. The molecule has 1 fully saturated rings. The zero-order valence-corrected chi connectivity index (χ0v) is 10.3. The van der Waals surface area contributed by atoms with Crippen LogP contribution in [0.4, 0.5) is 0 Å². The van der Waals surface area contributed by atoms with Gasteiger partial charge < -0.3 is 10.6 Å². The summed E-state index contributed by atoms with van der Waals surface area (Å²) in [5.41, 5.74) is 6.28. The van der Waals surface area contributed by atoms with Gasteiger partial charge in [-0.25, -0.2) is 0 Å². The van der Waals surface area contributed by atoms with E-state index in [1.807, 2.05) is 4.90 Å². The van der Waals surface area contributed by atoms with Crippen molar-refractivity contribution in [3.63, 3.8) is 0 Å². The summed E-state index contributed by atoms with van der Waals surface area (Å²) in [4.78, 5) is 14.4. The lowest BCUT2D eigenvalue weighted by atomic mass is 9.99. The molecule has 0 bridgehead atoms. The maximum Gasteiger partial charge on any atom is 0.272 e. The summed E-state index contributed by atoms with van der Waals surface area (Å²) in [6, 6.07) is 2.08. The van der Waals surface area contributed by atoms with Crippen molar-refractivity contribution in [2.24, 2.45) is 12.8 Å². The third-order valence-corrected chi connectivity index (χ3v) is 3.43. The molecule has 5 nitrogen and oxygen atoms in total. The Morgan fingerprint density at radius 1 is 1.59 bits per heavy atom. The van der Waals surface area contributed by atoms with E-state index in [0.29, 0.717) is 18.3 Å². The number of hydrogen-bond donors (Lipinski definition) is 1. The summed E-state index contributed by atoms with van der Waals surface area (Å²) in [5.74, 6) is 0.0863. The molecule has 1 atom stereocenters. The van der Waals surface area contributed by atoms with Gasteiger partial charge in [0.15, 0.2) is 0 Å². The first-order valence-corrected chi connectivity index (χ1v) is 6.23. The van der Waals surface area contributed by atoms with Crippen molar-refractivity contribution in [1.29, 1.82) is 0 Å². The summed E-state index contributed by atoms with van der Waals surface area (Å²) in [6.07, 6.45) is 5.91. The number of hydrogen-bond acceptors (Lipinski definition) is 3. The van der Waals surface area contributed by atoms with Crippen molar-refractivity contribution < 1.29 is 4.79 Å². The Morgan fingerprint density at radius 3 is 3.06 bits per heavy atom. The first kappa shape index (κ1) is 12.1. The number of aromatic nitrogens is 2. The van der Waals surface area contributed by atoms with Crippen LogP contribution in [0.5, 0.6) is 0 Å². The minimum absolute atomic E-state index is 0.0863. The topological polar surface area (TPSA) is 64.2 Å². The molecule has 1 saturated heterocycles. The van der Waals surface area contributed by atoms with Gasteiger partial charge in [-0.05, 0) is 38.3 Å². The zero-order chi connectivity index (χ0) is 12.3. The molecular weight excluding hydrogens is 216 g/mol. The van der Waals surface area contributed by atoms with Crippen LogP contribution in [0.25, 0.3) is 0 Å². The van der Waals surface area contributed by atoms with Gasteiger partial charge in [0.2, 0.25) is 0 Å². The largest absolute Gasteiger partial charge is 0.334 e. The molecule has 2 heterocycles. The number of aryl methyl sites for hydroxylation is 1. The van der Waals surface area contributed by atoms with Crippen LogP contribution < -0.4 is 5.73 Å². The number of rotatable bonds is 3. The molecule has 5 heteroatoms. The standard InChI is InChI=1S/C12H20N4O/c1-15-11(6-8-14-15)12(17)16-9-3-2-4-10(16)5-7-13/h6,8,10H,2-5,7,9,13H2,1H3. The van der Waals surface area contributed by atoms with Crippen LogP contribution in [-0.4, -0.2) is 39.7 Å². The van der Waals surface area contributed by atoms with E-state index in [9.17, 15) is 4.79 Å². The summed E-state index contributed by atoms with van der Waals surface area (Å²) in [7, 11) is 1.80. The van der Waals surface area contributed by atoms with Gasteiger partial charge in [-0.3, -0.25) is 9.48 Å². The third-order valence-electron chi connectivity index (χ3n) is 3.43. The van der Waals surface area contributed by atoms with Crippen molar-refractivity contribution in [3.8, 4) is 0 Å². The number of nitrogens with zero attached hydrogens (tertiary/aromatic N) is 3. The molecule has 1 amide bonds. The van der Waals surface area contributed by atoms with Gasteiger partial charge in [0, 0.05) is 25.8 Å². The van der Waals surface area contributed by atoms with Gasteiger partial charge in [-0.15, -0.1) is 0 Å². The number of amides is 1. The third kappa shape index (κ3) is 2.49. The Hall–Kier alpha value is -1.36. The highest BCUT2D eigenvalue weighted by molar-refractivity contribution is 5.92. The molecule has 1 aliphatic heterocycles. The Labute approximate surface area is 102 Å². The number of likely N-dealkylation sites (tertiary alicyclic amines) is 1. The second-order valence-corrected chi connectivity index (χ2v) is 4.57. The SMILES string of the molecule is Cn1nccc1C(=O)N1CCCCC1CCN. The highest BCUT2D eigenvalue weighted by Crippen LogP contribution is 2.21. The van der Waals surface area contributed by atoms with E-state index in [0.717, 1.165) is 25.8 Å². The summed E-state index contributed by atoms with van der Waals surface area (Å²) in [6.45, 7) is 1.48. The van der Waals surface area contributed by atoms with Crippen LogP contribution >= 0.6 is 0 Å². The summed E-state index contributed by atoms with van der Waals surface area (Å²) < 4.78 is 1.64. The highest BCUT2D eigenvalue weighted by atomic mass is 16.2. The maximum atomic E-state index is 12.4. The maximum absolute atomic E-state index is 12.4. The van der Waals surface area contributed by atoms with E-state index >= 15 is 0 Å². The van der Waals surface area contributed by atoms with Crippen LogP contribution in [0.1, 0.15) is 36.2 Å². The molecule has 1 unspecified atom stereocenters. The van der Waals surface area contributed by atoms with Crippen LogP contribution in [0.3, 0.4) is 0 Å². The smallest absolute Gasteiger partial charge is 0.272 e.